The van der Waals surface area contributed by atoms with Crippen molar-refractivity contribution >= 4 is 22.5 Å². The molecule has 0 saturated carbocycles. The van der Waals surface area contributed by atoms with Gasteiger partial charge in [0.1, 0.15) is 22.1 Å². The Morgan fingerprint density at radius 2 is 2.14 bits per heavy atom. The standard InChI is InChI=1S/C14H16N2O4S/c1-8-12(14(17)18)13(21-16-8)15-7-9-4-5-10(19-2)6-11(9)20-3/h4-6,15H,7H2,1-3H3,(H,17,18). The number of carbonyl (C=O) groups is 1. The summed E-state index contributed by atoms with van der Waals surface area (Å²) in [6.45, 7) is 2.12. The number of benzene rings is 1. The molecule has 6 nitrogen and oxygen atoms in total. The highest BCUT2D eigenvalue weighted by Gasteiger charge is 2.17. The number of carboxylic acid groups (broad SMARTS) is 1. The zero-order valence-electron chi connectivity index (χ0n) is 12.0. The monoisotopic (exact) mass is 308 g/mol. The van der Waals surface area contributed by atoms with Crippen LogP contribution in [-0.2, 0) is 6.54 Å². The molecule has 1 aromatic carbocycles. The molecule has 7 heteroatoms. The predicted octanol–water partition coefficient (Wildman–Crippen LogP) is 2.78. The van der Waals surface area contributed by atoms with Crippen molar-refractivity contribution in [2.45, 2.75) is 13.5 Å². The van der Waals surface area contributed by atoms with Crippen LogP contribution in [0.3, 0.4) is 0 Å². The van der Waals surface area contributed by atoms with Gasteiger partial charge in [-0.1, -0.05) is 0 Å². The molecule has 2 N–H and O–H groups in total. The molecule has 0 atom stereocenters. The molecule has 0 unspecified atom stereocenters. The number of nitrogens with one attached hydrogen (secondary N) is 1. The summed E-state index contributed by atoms with van der Waals surface area (Å²) in [5, 5.41) is 12.8. The number of methoxy groups -OCH3 is 2. The molecule has 21 heavy (non-hydrogen) atoms. The van der Waals surface area contributed by atoms with Crippen molar-refractivity contribution in [1.29, 1.82) is 0 Å². The van der Waals surface area contributed by atoms with E-state index < -0.39 is 5.97 Å². The number of ether oxygens (including phenoxy) is 2. The van der Waals surface area contributed by atoms with Crippen LogP contribution in [0, 0.1) is 6.92 Å². The number of aromatic nitrogens is 1. The van der Waals surface area contributed by atoms with Crippen LogP contribution in [0.4, 0.5) is 5.00 Å². The van der Waals surface area contributed by atoms with Gasteiger partial charge in [-0.25, -0.2) is 4.79 Å². The normalized spacial score (nSPS) is 10.2. The molecule has 0 saturated heterocycles. The van der Waals surface area contributed by atoms with Crippen molar-refractivity contribution in [3.05, 3.63) is 35.0 Å². The lowest BCUT2D eigenvalue weighted by Gasteiger charge is -2.11. The van der Waals surface area contributed by atoms with Crippen LogP contribution < -0.4 is 14.8 Å². The Hall–Kier alpha value is -2.28. The second-order valence-corrected chi connectivity index (χ2v) is 5.08. The number of aromatic carboxylic acids is 1. The Morgan fingerprint density at radius 3 is 2.76 bits per heavy atom. The van der Waals surface area contributed by atoms with E-state index in [-0.39, 0.29) is 5.56 Å². The minimum atomic E-state index is -0.981. The summed E-state index contributed by atoms with van der Waals surface area (Å²) in [5.41, 5.74) is 1.63. The summed E-state index contributed by atoms with van der Waals surface area (Å²) < 4.78 is 14.5. The van der Waals surface area contributed by atoms with E-state index in [2.05, 4.69) is 9.69 Å². The van der Waals surface area contributed by atoms with Gasteiger partial charge >= 0.3 is 5.97 Å². The summed E-state index contributed by atoms with van der Waals surface area (Å²) >= 11 is 1.14. The van der Waals surface area contributed by atoms with Crippen LogP contribution in [0.15, 0.2) is 18.2 Å². The highest BCUT2D eigenvalue weighted by molar-refractivity contribution is 7.10. The number of nitrogens with zero attached hydrogens (tertiary/aromatic N) is 1. The predicted molar refractivity (Wildman–Crippen MR) is 80.7 cm³/mol. The minimum Gasteiger partial charge on any atom is -0.497 e. The average molecular weight is 308 g/mol. The lowest BCUT2D eigenvalue weighted by atomic mass is 10.2. The third-order valence-electron chi connectivity index (χ3n) is 3.01. The van der Waals surface area contributed by atoms with Gasteiger partial charge in [0.05, 0.1) is 19.9 Å². The van der Waals surface area contributed by atoms with Crippen molar-refractivity contribution in [3.8, 4) is 11.5 Å². The Labute approximate surface area is 126 Å². The molecular formula is C14H16N2O4S. The summed E-state index contributed by atoms with van der Waals surface area (Å²) in [6.07, 6.45) is 0. The van der Waals surface area contributed by atoms with Gasteiger partial charge in [0.15, 0.2) is 0 Å². The zero-order valence-corrected chi connectivity index (χ0v) is 12.8. The van der Waals surface area contributed by atoms with Crippen LogP contribution in [0.1, 0.15) is 21.6 Å². The molecule has 2 aromatic rings. The highest BCUT2D eigenvalue weighted by atomic mass is 32.1. The van der Waals surface area contributed by atoms with Crippen molar-refractivity contribution in [1.82, 2.24) is 4.37 Å². The minimum absolute atomic E-state index is 0.215. The molecule has 112 valence electrons. The number of aryl methyl sites for hydroxylation is 1. The smallest absolute Gasteiger partial charge is 0.340 e. The largest absolute Gasteiger partial charge is 0.497 e. The van der Waals surface area contributed by atoms with E-state index in [9.17, 15) is 9.90 Å². The van der Waals surface area contributed by atoms with Crippen molar-refractivity contribution in [3.63, 3.8) is 0 Å². The van der Waals surface area contributed by atoms with Crippen LogP contribution in [-0.4, -0.2) is 29.7 Å². The van der Waals surface area contributed by atoms with Crippen molar-refractivity contribution < 1.29 is 19.4 Å². The topological polar surface area (TPSA) is 80.7 Å². The van der Waals surface area contributed by atoms with Gasteiger partial charge in [-0.3, -0.25) is 0 Å². The van der Waals surface area contributed by atoms with E-state index in [0.29, 0.717) is 28.7 Å². The first-order valence-electron chi connectivity index (χ1n) is 6.21. The Kier molecular flexibility index (Phi) is 4.64. The molecule has 0 aliphatic heterocycles. The van der Waals surface area contributed by atoms with E-state index in [4.69, 9.17) is 9.47 Å². The summed E-state index contributed by atoms with van der Waals surface area (Å²) in [5.74, 6) is 0.404. The van der Waals surface area contributed by atoms with Crippen LogP contribution >= 0.6 is 11.5 Å². The van der Waals surface area contributed by atoms with Crippen molar-refractivity contribution in [2.24, 2.45) is 0 Å². The van der Waals surface area contributed by atoms with Gasteiger partial charge in [-0.05, 0) is 30.6 Å². The second kappa shape index (κ2) is 6.45. The van der Waals surface area contributed by atoms with Crippen molar-refractivity contribution in [2.75, 3.05) is 19.5 Å². The SMILES string of the molecule is COc1ccc(CNc2snc(C)c2C(=O)O)c(OC)c1. The summed E-state index contributed by atoms with van der Waals surface area (Å²) in [4.78, 5) is 11.2. The molecule has 0 bridgehead atoms. The van der Waals surface area contributed by atoms with Crippen LogP contribution in [0.2, 0.25) is 0 Å². The molecule has 0 fully saturated rings. The van der Waals surface area contributed by atoms with Gasteiger partial charge in [0, 0.05) is 18.2 Å². The third kappa shape index (κ3) is 3.25. The van der Waals surface area contributed by atoms with E-state index in [1.165, 1.54) is 0 Å². The van der Waals surface area contributed by atoms with Crippen LogP contribution in [0.25, 0.3) is 0 Å². The molecule has 1 heterocycles. The first kappa shape index (κ1) is 15.1. The fraction of sp³-hybridized carbons (Fsp3) is 0.286. The van der Waals surface area contributed by atoms with Gasteiger partial charge in [0.2, 0.25) is 0 Å². The first-order valence-corrected chi connectivity index (χ1v) is 6.98. The van der Waals surface area contributed by atoms with Gasteiger partial charge < -0.3 is 19.9 Å². The summed E-state index contributed by atoms with van der Waals surface area (Å²) in [7, 11) is 3.17. The van der Waals surface area contributed by atoms with Crippen LogP contribution in [0.5, 0.6) is 11.5 Å². The Bertz CT molecular complexity index is 654. The number of hydrogen-bond donors (Lipinski definition) is 2. The fourth-order valence-electron chi connectivity index (χ4n) is 1.92. The molecule has 1 aromatic heterocycles. The maximum Gasteiger partial charge on any atom is 0.340 e. The van der Waals surface area contributed by atoms with Gasteiger partial charge in [0.25, 0.3) is 0 Å². The number of hydrogen-bond acceptors (Lipinski definition) is 6. The maximum absolute atomic E-state index is 11.2. The molecule has 0 spiro atoms. The Balaban J connectivity index is 2.19. The average Bonchev–Trinajstić information content (AvgIpc) is 2.85. The lowest BCUT2D eigenvalue weighted by Crippen LogP contribution is -2.06. The Morgan fingerprint density at radius 1 is 1.38 bits per heavy atom. The quantitative estimate of drug-likeness (QED) is 0.854. The van der Waals surface area contributed by atoms with E-state index in [0.717, 1.165) is 17.1 Å². The highest BCUT2D eigenvalue weighted by Crippen LogP contribution is 2.28. The molecule has 0 aliphatic carbocycles. The molecule has 0 radical (unpaired) electrons. The zero-order chi connectivity index (χ0) is 15.4. The maximum atomic E-state index is 11.2. The van der Waals surface area contributed by atoms with E-state index >= 15 is 0 Å². The van der Waals surface area contributed by atoms with E-state index in [1.54, 1.807) is 27.2 Å². The third-order valence-corrected chi connectivity index (χ3v) is 3.91. The molecular weight excluding hydrogens is 292 g/mol. The first-order chi connectivity index (χ1) is 10.1. The number of rotatable bonds is 6. The molecule has 0 amide bonds. The molecule has 0 aliphatic rings. The van der Waals surface area contributed by atoms with Gasteiger partial charge in [-0.2, -0.15) is 4.37 Å². The lowest BCUT2D eigenvalue weighted by molar-refractivity contribution is 0.0697. The number of anilines is 1. The summed E-state index contributed by atoms with van der Waals surface area (Å²) in [6, 6.07) is 5.49. The fourth-order valence-corrected chi connectivity index (χ4v) is 2.70. The second-order valence-electron chi connectivity index (χ2n) is 4.31. The molecule has 2 rings (SSSR count). The number of carboxylic acids is 1. The van der Waals surface area contributed by atoms with Gasteiger partial charge in [-0.15, -0.1) is 0 Å². The van der Waals surface area contributed by atoms with E-state index in [1.807, 2.05) is 12.1 Å².